The van der Waals surface area contributed by atoms with Gasteiger partial charge in [0.25, 0.3) is 0 Å². The maximum absolute atomic E-state index is 12.2. The Kier molecular flexibility index (Phi) is 4.57. The van der Waals surface area contributed by atoms with Crippen LogP contribution in [-0.4, -0.2) is 49.1 Å². The lowest BCUT2D eigenvalue weighted by atomic mass is 10.0. The van der Waals surface area contributed by atoms with Crippen molar-refractivity contribution >= 4 is 25.3 Å². The molecule has 2 heterocycles. The van der Waals surface area contributed by atoms with Crippen molar-refractivity contribution in [3.05, 3.63) is 0 Å². The summed E-state index contributed by atoms with van der Waals surface area (Å²) in [5, 5.41) is 3.06. The number of hydrogen-bond donors (Lipinski definition) is 3. The predicted molar refractivity (Wildman–Crippen MR) is 79.5 cm³/mol. The lowest BCUT2D eigenvalue weighted by Gasteiger charge is -2.45. The van der Waals surface area contributed by atoms with Crippen LogP contribution in [0.4, 0.5) is 0 Å². The fraction of sp³-hybridized carbons (Fsp3) is 0.917. The maximum Gasteiger partial charge on any atom is 0.349 e. The van der Waals surface area contributed by atoms with Crippen molar-refractivity contribution in [1.29, 1.82) is 0 Å². The van der Waals surface area contributed by atoms with Crippen LogP contribution in [0.1, 0.15) is 40.0 Å². The van der Waals surface area contributed by atoms with Crippen LogP contribution in [0.2, 0.25) is 0 Å². The molecule has 0 saturated carbocycles. The minimum atomic E-state index is -4.32. The summed E-state index contributed by atoms with van der Waals surface area (Å²) in [6.07, 6.45) is 3.26. The van der Waals surface area contributed by atoms with E-state index in [1.807, 2.05) is 0 Å². The van der Waals surface area contributed by atoms with E-state index in [-0.39, 0.29) is 17.3 Å². The molecule has 3 atom stereocenters. The van der Waals surface area contributed by atoms with Crippen LogP contribution in [-0.2, 0) is 9.36 Å². The van der Waals surface area contributed by atoms with Gasteiger partial charge in [-0.3, -0.25) is 9.36 Å². The Hall–Kier alpha value is -0.0700. The first-order valence-electron chi connectivity index (χ1n) is 6.98. The summed E-state index contributed by atoms with van der Waals surface area (Å²) in [7, 11) is -4.32. The fourth-order valence-electron chi connectivity index (χ4n) is 2.97. The van der Waals surface area contributed by atoms with Gasteiger partial charge in [-0.15, -0.1) is 11.8 Å². The zero-order valence-corrected chi connectivity index (χ0v) is 13.8. The molecular weight excluding hydrogens is 299 g/mol. The molecule has 2 rings (SSSR count). The molecule has 0 aromatic heterocycles. The standard InChI is InChI=1S/C12H23N2O4PS/c1-4-5-6-7-13-8-9(15)14-10(8)20-12(2,3)11(14)19(16,17)18/h8,10-11,13H,4-7H2,1-3H3,(H2,16,17,18). The summed E-state index contributed by atoms with van der Waals surface area (Å²) >= 11 is 1.48. The summed E-state index contributed by atoms with van der Waals surface area (Å²) in [5.74, 6) is -1.19. The molecule has 20 heavy (non-hydrogen) atoms. The Morgan fingerprint density at radius 2 is 2.05 bits per heavy atom. The molecule has 6 nitrogen and oxygen atoms in total. The van der Waals surface area contributed by atoms with E-state index in [4.69, 9.17) is 0 Å². The number of amides is 1. The van der Waals surface area contributed by atoms with Crippen molar-refractivity contribution in [1.82, 2.24) is 10.2 Å². The van der Waals surface area contributed by atoms with Crippen LogP contribution in [0.3, 0.4) is 0 Å². The van der Waals surface area contributed by atoms with Gasteiger partial charge in [0.15, 0.2) is 0 Å². The van der Waals surface area contributed by atoms with Crippen molar-refractivity contribution in [3.63, 3.8) is 0 Å². The first-order chi connectivity index (χ1) is 9.20. The molecule has 116 valence electrons. The van der Waals surface area contributed by atoms with Crippen molar-refractivity contribution in [2.75, 3.05) is 6.54 Å². The maximum atomic E-state index is 12.2. The van der Waals surface area contributed by atoms with Crippen molar-refractivity contribution in [3.8, 4) is 0 Å². The van der Waals surface area contributed by atoms with Crippen LogP contribution in [0, 0.1) is 0 Å². The smallest absolute Gasteiger partial charge is 0.323 e. The van der Waals surface area contributed by atoms with E-state index < -0.39 is 18.1 Å². The molecule has 0 aromatic rings. The molecule has 0 radical (unpaired) electrons. The zero-order chi connectivity index (χ0) is 15.1. The quantitative estimate of drug-likeness (QED) is 0.388. The van der Waals surface area contributed by atoms with Gasteiger partial charge < -0.3 is 20.0 Å². The first kappa shape index (κ1) is 16.3. The summed E-state index contributed by atoms with van der Waals surface area (Å²) < 4.78 is 11.0. The Morgan fingerprint density at radius 1 is 1.40 bits per heavy atom. The number of nitrogens with one attached hydrogen (secondary N) is 1. The third kappa shape index (κ3) is 2.79. The molecule has 3 unspecified atom stereocenters. The minimum Gasteiger partial charge on any atom is -0.323 e. The number of rotatable bonds is 6. The molecule has 1 amide bonds. The number of carbonyl (C=O) groups excluding carboxylic acids is 1. The number of β-lactam (4-membered cyclic amide) rings is 1. The Balaban J connectivity index is 2.02. The third-order valence-electron chi connectivity index (χ3n) is 3.85. The second-order valence-electron chi connectivity index (χ2n) is 5.96. The van der Waals surface area contributed by atoms with E-state index in [2.05, 4.69) is 12.2 Å². The SMILES string of the molecule is CCCCCNC1C(=O)N2C1SC(C)(C)C2P(=O)(O)O. The van der Waals surface area contributed by atoms with Gasteiger partial charge >= 0.3 is 7.60 Å². The van der Waals surface area contributed by atoms with Crippen molar-refractivity contribution in [2.24, 2.45) is 0 Å². The molecule has 0 spiro atoms. The lowest BCUT2D eigenvalue weighted by Crippen LogP contribution is -2.68. The number of thioether (sulfide) groups is 1. The second kappa shape index (κ2) is 5.61. The number of hydrogen-bond acceptors (Lipinski definition) is 4. The van der Waals surface area contributed by atoms with Gasteiger partial charge in [0.05, 0.1) is 0 Å². The average Bonchev–Trinajstić information content (AvgIpc) is 2.57. The molecular formula is C12H23N2O4PS. The molecule has 2 aliphatic rings. The van der Waals surface area contributed by atoms with Gasteiger partial charge in [-0.25, -0.2) is 0 Å². The summed E-state index contributed by atoms with van der Waals surface area (Å²) in [6, 6.07) is -0.298. The summed E-state index contributed by atoms with van der Waals surface area (Å²) in [4.78, 5) is 32.6. The highest BCUT2D eigenvalue weighted by molar-refractivity contribution is 8.02. The van der Waals surface area contributed by atoms with E-state index in [0.29, 0.717) is 0 Å². The van der Waals surface area contributed by atoms with E-state index >= 15 is 0 Å². The predicted octanol–water partition coefficient (Wildman–Crippen LogP) is 1.33. The molecule has 8 heteroatoms. The van der Waals surface area contributed by atoms with Crippen molar-refractivity contribution in [2.45, 2.75) is 62.0 Å². The monoisotopic (exact) mass is 322 g/mol. The average molecular weight is 322 g/mol. The number of unbranched alkanes of at least 4 members (excludes halogenated alkanes) is 2. The largest absolute Gasteiger partial charge is 0.349 e. The van der Waals surface area contributed by atoms with Crippen LogP contribution in [0.25, 0.3) is 0 Å². The van der Waals surface area contributed by atoms with Crippen LogP contribution in [0.5, 0.6) is 0 Å². The normalized spacial score (nSPS) is 32.1. The Bertz CT molecular complexity index is 439. The Morgan fingerprint density at radius 3 is 2.60 bits per heavy atom. The molecule has 2 aliphatic heterocycles. The molecule has 3 N–H and O–H groups in total. The van der Waals surface area contributed by atoms with Gasteiger partial charge in [0, 0.05) is 4.75 Å². The van der Waals surface area contributed by atoms with Gasteiger partial charge in [-0.1, -0.05) is 19.8 Å². The number of fused-ring (bicyclic) bond motifs is 1. The van der Waals surface area contributed by atoms with Crippen LogP contribution in [0.15, 0.2) is 0 Å². The third-order valence-corrected chi connectivity index (χ3v) is 7.13. The fourth-order valence-corrected chi connectivity index (χ4v) is 6.59. The highest BCUT2D eigenvalue weighted by Gasteiger charge is 2.65. The highest BCUT2D eigenvalue weighted by atomic mass is 32.2. The highest BCUT2D eigenvalue weighted by Crippen LogP contribution is 2.62. The Labute approximate surface area is 123 Å². The molecule has 0 aromatic carbocycles. The van der Waals surface area contributed by atoms with E-state index in [1.165, 1.54) is 16.7 Å². The minimum absolute atomic E-state index is 0.156. The zero-order valence-electron chi connectivity index (χ0n) is 12.1. The van der Waals surface area contributed by atoms with E-state index in [9.17, 15) is 19.1 Å². The second-order valence-corrected chi connectivity index (χ2v) is 9.40. The first-order valence-corrected chi connectivity index (χ1v) is 9.55. The van der Waals surface area contributed by atoms with Gasteiger partial charge in [0.2, 0.25) is 5.91 Å². The van der Waals surface area contributed by atoms with Crippen LogP contribution >= 0.6 is 19.4 Å². The molecule has 2 fully saturated rings. The topological polar surface area (TPSA) is 89.9 Å². The summed E-state index contributed by atoms with van der Waals surface area (Å²) in [5.41, 5.74) is 0. The number of nitrogens with zero attached hydrogens (tertiary/aromatic N) is 1. The van der Waals surface area contributed by atoms with Gasteiger partial charge in [-0.2, -0.15) is 0 Å². The van der Waals surface area contributed by atoms with E-state index in [0.717, 1.165) is 25.8 Å². The lowest BCUT2D eigenvalue weighted by molar-refractivity contribution is -0.147. The molecule has 0 aliphatic carbocycles. The molecule has 2 saturated heterocycles. The number of carbonyl (C=O) groups is 1. The molecule has 0 bridgehead atoms. The summed E-state index contributed by atoms with van der Waals surface area (Å²) in [6.45, 7) is 6.48. The van der Waals surface area contributed by atoms with Crippen LogP contribution < -0.4 is 5.32 Å². The van der Waals surface area contributed by atoms with Gasteiger partial charge in [-0.05, 0) is 26.8 Å². The van der Waals surface area contributed by atoms with Gasteiger partial charge in [0.1, 0.15) is 17.2 Å². The van der Waals surface area contributed by atoms with Crippen molar-refractivity contribution < 1.29 is 19.1 Å². The van der Waals surface area contributed by atoms with E-state index in [1.54, 1.807) is 13.8 Å².